The Balaban J connectivity index is 0. The van der Waals surface area contributed by atoms with E-state index in [1.165, 1.54) is 0 Å². The fourth-order valence-electron chi connectivity index (χ4n) is 0.707. The van der Waals surface area contributed by atoms with Gasteiger partial charge in [0.05, 0.1) is 11.7 Å². The second kappa shape index (κ2) is 6.62. The molecule has 0 amide bonds. The standard InChI is InChI=1S/C7H16O.C2H6O/c1-6(2)8-7(3,4)5;1-2-3/h6H,1-5H3;3H,2H2,1H3. The van der Waals surface area contributed by atoms with E-state index in [4.69, 9.17) is 9.84 Å². The van der Waals surface area contributed by atoms with E-state index in [9.17, 15) is 0 Å². The maximum absolute atomic E-state index is 7.57. The summed E-state index contributed by atoms with van der Waals surface area (Å²) in [4.78, 5) is 0. The third kappa shape index (κ3) is 25.7. The Bertz CT molecular complexity index is 72.1. The minimum absolute atomic E-state index is 0.0220. The van der Waals surface area contributed by atoms with E-state index in [2.05, 4.69) is 20.8 Å². The molecule has 0 saturated carbocycles. The highest BCUT2D eigenvalue weighted by molar-refractivity contribution is 4.59. The Morgan fingerprint density at radius 3 is 1.55 bits per heavy atom. The van der Waals surface area contributed by atoms with E-state index < -0.39 is 0 Å². The third-order valence-corrected chi connectivity index (χ3v) is 0.589. The largest absolute Gasteiger partial charge is 0.397 e. The van der Waals surface area contributed by atoms with Crippen LogP contribution in [-0.2, 0) is 4.74 Å². The van der Waals surface area contributed by atoms with Gasteiger partial charge in [-0.05, 0) is 41.5 Å². The molecular formula is C9H22O2. The number of hydrogen-bond donors (Lipinski definition) is 1. The number of ether oxygens (including phenoxy) is 1. The minimum Gasteiger partial charge on any atom is -0.397 e. The monoisotopic (exact) mass is 162 g/mol. The van der Waals surface area contributed by atoms with Gasteiger partial charge in [0, 0.05) is 6.61 Å². The molecule has 0 heterocycles. The van der Waals surface area contributed by atoms with Crippen molar-refractivity contribution in [1.82, 2.24) is 0 Å². The van der Waals surface area contributed by atoms with Crippen molar-refractivity contribution in [1.29, 1.82) is 0 Å². The summed E-state index contributed by atoms with van der Waals surface area (Å²) in [6, 6.07) is 0. The van der Waals surface area contributed by atoms with Crippen LogP contribution in [-0.4, -0.2) is 23.4 Å². The summed E-state index contributed by atoms with van der Waals surface area (Å²) in [5.74, 6) is 0. The van der Waals surface area contributed by atoms with Gasteiger partial charge in [-0.1, -0.05) is 0 Å². The van der Waals surface area contributed by atoms with Gasteiger partial charge in [-0.25, -0.2) is 0 Å². The van der Waals surface area contributed by atoms with Crippen molar-refractivity contribution in [2.24, 2.45) is 0 Å². The van der Waals surface area contributed by atoms with E-state index in [1.807, 2.05) is 13.8 Å². The fraction of sp³-hybridized carbons (Fsp3) is 1.00. The summed E-state index contributed by atoms with van der Waals surface area (Å²) >= 11 is 0. The molecule has 0 saturated heterocycles. The zero-order valence-corrected chi connectivity index (χ0v) is 8.64. The van der Waals surface area contributed by atoms with Gasteiger partial charge in [0.2, 0.25) is 0 Å². The molecule has 0 spiro atoms. The summed E-state index contributed by atoms with van der Waals surface area (Å²) in [6.07, 6.45) is 0.343. The van der Waals surface area contributed by atoms with Crippen LogP contribution in [0.2, 0.25) is 0 Å². The topological polar surface area (TPSA) is 29.5 Å². The van der Waals surface area contributed by atoms with Crippen molar-refractivity contribution < 1.29 is 9.84 Å². The van der Waals surface area contributed by atoms with Crippen LogP contribution in [0.1, 0.15) is 41.5 Å². The quantitative estimate of drug-likeness (QED) is 0.640. The molecule has 0 bridgehead atoms. The van der Waals surface area contributed by atoms with Gasteiger partial charge in [0.1, 0.15) is 0 Å². The van der Waals surface area contributed by atoms with Crippen molar-refractivity contribution >= 4 is 0 Å². The summed E-state index contributed by atoms with van der Waals surface area (Å²) in [5.41, 5.74) is 0.0220. The Labute approximate surface area is 70.6 Å². The van der Waals surface area contributed by atoms with Crippen LogP contribution >= 0.6 is 0 Å². The zero-order chi connectivity index (χ0) is 9.49. The molecule has 0 aromatic rings. The molecule has 0 aromatic carbocycles. The van der Waals surface area contributed by atoms with Gasteiger partial charge >= 0.3 is 0 Å². The van der Waals surface area contributed by atoms with Crippen molar-refractivity contribution in [3.8, 4) is 0 Å². The highest BCUT2D eigenvalue weighted by Gasteiger charge is 2.10. The predicted molar refractivity (Wildman–Crippen MR) is 48.7 cm³/mol. The lowest BCUT2D eigenvalue weighted by Crippen LogP contribution is -2.23. The van der Waals surface area contributed by atoms with E-state index in [1.54, 1.807) is 6.92 Å². The molecule has 11 heavy (non-hydrogen) atoms. The molecule has 0 aliphatic carbocycles. The molecule has 0 atom stereocenters. The van der Waals surface area contributed by atoms with E-state index in [0.717, 1.165) is 0 Å². The van der Waals surface area contributed by atoms with Crippen LogP contribution in [0.4, 0.5) is 0 Å². The molecule has 2 nitrogen and oxygen atoms in total. The fourth-order valence-corrected chi connectivity index (χ4v) is 0.707. The number of hydrogen-bond acceptors (Lipinski definition) is 2. The Hall–Kier alpha value is -0.0800. The van der Waals surface area contributed by atoms with Crippen LogP contribution in [0.15, 0.2) is 0 Å². The average Bonchev–Trinajstić information content (AvgIpc) is 1.57. The molecular weight excluding hydrogens is 140 g/mol. The first-order valence-corrected chi connectivity index (χ1v) is 4.12. The molecule has 70 valence electrons. The molecule has 0 aliphatic rings. The Morgan fingerprint density at radius 2 is 1.55 bits per heavy atom. The lowest BCUT2D eigenvalue weighted by molar-refractivity contribution is -0.0424. The molecule has 2 heteroatoms. The van der Waals surface area contributed by atoms with Crippen LogP contribution < -0.4 is 0 Å². The second-order valence-electron chi connectivity index (χ2n) is 3.60. The van der Waals surface area contributed by atoms with Gasteiger partial charge in [0.25, 0.3) is 0 Å². The highest BCUT2D eigenvalue weighted by atomic mass is 16.5. The summed E-state index contributed by atoms with van der Waals surface area (Å²) in [6.45, 7) is 12.2. The first-order valence-electron chi connectivity index (χ1n) is 4.12. The average molecular weight is 162 g/mol. The lowest BCUT2D eigenvalue weighted by Gasteiger charge is -2.22. The maximum atomic E-state index is 7.57. The van der Waals surface area contributed by atoms with Crippen molar-refractivity contribution in [2.45, 2.75) is 53.2 Å². The smallest absolute Gasteiger partial charge is 0.0601 e. The van der Waals surface area contributed by atoms with Crippen molar-refractivity contribution in [3.63, 3.8) is 0 Å². The molecule has 1 N–H and O–H groups in total. The predicted octanol–water partition coefficient (Wildman–Crippen LogP) is 2.21. The van der Waals surface area contributed by atoms with E-state index in [-0.39, 0.29) is 12.2 Å². The molecule has 0 aliphatic heterocycles. The maximum Gasteiger partial charge on any atom is 0.0601 e. The second-order valence-corrected chi connectivity index (χ2v) is 3.60. The summed E-state index contributed by atoms with van der Waals surface area (Å²) in [5, 5.41) is 7.57. The first kappa shape index (κ1) is 13.5. The van der Waals surface area contributed by atoms with E-state index >= 15 is 0 Å². The Morgan fingerprint density at radius 1 is 1.27 bits per heavy atom. The summed E-state index contributed by atoms with van der Waals surface area (Å²) in [7, 11) is 0. The SMILES string of the molecule is CC(C)OC(C)(C)C.CCO. The van der Waals surface area contributed by atoms with Gasteiger partial charge in [-0.3, -0.25) is 0 Å². The molecule has 0 fully saturated rings. The minimum atomic E-state index is 0.0220. The lowest BCUT2D eigenvalue weighted by atomic mass is 10.2. The zero-order valence-electron chi connectivity index (χ0n) is 8.64. The third-order valence-electron chi connectivity index (χ3n) is 0.589. The summed E-state index contributed by atoms with van der Waals surface area (Å²) < 4.78 is 5.44. The van der Waals surface area contributed by atoms with Gasteiger partial charge in [0.15, 0.2) is 0 Å². The normalized spacial score (nSPS) is 10.9. The number of aliphatic hydroxyl groups excluding tert-OH is 1. The van der Waals surface area contributed by atoms with Crippen LogP contribution in [0.3, 0.4) is 0 Å². The highest BCUT2D eigenvalue weighted by Crippen LogP contribution is 2.09. The number of aliphatic hydroxyl groups is 1. The Kier molecular flexibility index (Phi) is 8.13. The number of rotatable bonds is 1. The van der Waals surface area contributed by atoms with Crippen LogP contribution in [0.5, 0.6) is 0 Å². The van der Waals surface area contributed by atoms with Crippen LogP contribution in [0.25, 0.3) is 0 Å². The van der Waals surface area contributed by atoms with E-state index in [0.29, 0.717) is 6.10 Å². The van der Waals surface area contributed by atoms with Crippen molar-refractivity contribution in [3.05, 3.63) is 0 Å². The van der Waals surface area contributed by atoms with Crippen molar-refractivity contribution in [2.75, 3.05) is 6.61 Å². The molecule has 0 aromatic heterocycles. The molecule has 0 radical (unpaired) electrons. The van der Waals surface area contributed by atoms with Crippen LogP contribution in [0, 0.1) is 0 Å². The molecule has 0 unspecified atom stereocenters. The first-order chi connectivity index (χ1) is 4.83. The van der Waals surface area contributed by atoms with Gasteiger partial charge in [-0.15, -0.1) is 0 Å². The van der Waals surface area contributed by atoms with Gasteiger partial charge < -0.3 is 9.84 Å². The van der Waals surface area contributed by atoms with Gasteiger partial charge in [-0.2, -0.15) is 0 Å². The molecule has 0 rings (SSSR count).